The Morgan fingerprint density at radius 2 is 1.84 bits per heavy atom. The molecule has 5 nitrogen and oxygen atoms in total. The second kappa shape index (κ2) is 8.87. The summed E-state index contributed by atoms with van der Waals surface area (Å²) in [6, 6.07) is 11.6. The van der Waals surface area contributed by atoms with E-state index in [4.69, 9.17) is 9.47 Å². The summed E-state index contributed by atoms with van der Waals surface area (Å²) in [6.45, 7) is 3.10. The largest absolute Gasteiger partial charge is 0.493 e. The molecule has 25 heavy (non-hydrogen) atoms. The van der Waals surface area contributed by atoms with Crippen LogP contribution in [0.2, 0.25) is 0 Å². The van der Waals surface area contributed by atoms with Crippen molar-refractivity contribution in [3.05, 3.63) is 52.0 Å². The monoisotopic (exact) mass is 407 g/mol. The SMILES string of the molecule is COc1ccc(C[NH+](C)CC(=O)Nc2ccc(C)c(Br)c2)cc1OC. The van der Waals surface area contributed by atoms with E-state index in [2.05, 4.69) is 21.2 Å². The topological polar surface area (TPSA) is 52.0 Å². The lowest BCUT2D eigenvalue weighted by molar-refractivity contribution is -0.885. The van der Waals surface area contributed by atoms with Crippen molar-refractivity contribution in [1.29, 1.82) is 0 Å². The third-order valence-corrected chi connectivity index (χ3v) is 4.73. The number of aryl methyl sites for hydroxylation is 1. The maximum atomic E-state index is 12.2. The van der Waals surface area contributed by atoms with Crippen LogP contribution < -0.4 is 19.7 Å². The fourth-order valence-electron chi connectivity index (χ4n) is 2.55. The highest BCUT2D eigenvalue weighted by molar-refractivity contribution is 9.10. The molecule has 0 saturated heterocycles. The van der Waals surface area contributed by atoms with Gasteiger partial charge in [0.25, 0.3) is 5.91 Å². The van der Waals surface area contributed by atoms with Crippen LogP contribution in [-0.2, 0) is 11.3 Å². The second-order valence-electron chi connectivity index (χ2n) is 6.01. The Hall–Kier alpha value is -2.05. The number of methoxy groups -OCH3 is 2. The zero-order valence-electron chi connectivity index (χ0n) is 15.0. The summed E-state index contributed by atoms with van der Waals surface area (Å²) in [4.78, 5) is 13.3. The Bertz CT molecular complexity index is 749. The number of benzene rings is 2. The highest BCUT2D eigenvalue weighted by Gasteiger charge is 2.13. The first-order chi connectivity index (χ1) is 11.9. The Morgan fingerprint density at radius 1 is 1.12 bits per heavy atom. The number of rotatable bonds is 7. The summed E-state index contributed by atoms with van der Waals surface area (Å²) in [5.41, 5.74) is 3.01. The summed E-state index contributed by atoms with van der Waals surface area (Å²) in [7, 11) is 5.22. The molecule has 0 fully saturated rings. The number of carbonyl (C=O) groups is 1. The predicted octanol–water partition coefficient (Wildman–Crippen LogP) is 2.43. The number of hydrogen-bond donors (Lipinski definition) is 2. The molecule has 0 saturated carbocycles. The second-order valence-corrected chi connectivity index (χ2v) is 6.87. The van der Waals surface area contributed by atoms with Crippen LogP contribution in [0.1, 0.15) is 11.1 Å². The van der Waals surface area contributed by atoms with Gasteiger partial charge >= 0.3 is 0 Å². The maximum absolute atomic E-state index is 12.2. The third-order valence-electron chi connectivity index (χ3n) is 3.87. The first kappa shape index (κ1) is 19.3. The van der Waals surface area contributed by atoms with Gasteiger partial charge in [-0.25, -0.2) is 0 Å². The molecule has 0 radical (unpaired) electrons. The number of amides is 1. The lowest BCUT2D eigenvalue weighted by atomic mass is 10.2. The molecule has 2 rings (SSSR count). The smallest absolute Gasteiger partial charge is 0.279 e. The van der Waals surface area contributed by atoms with E-state index in [1.807, 2.05) is 50.4 Å². The lowest BCUT2D eigenvalue weighted by Gasteiger charge is -2.15. The van der Waals surface area contributed by atoms with Gasteiger partial charge < -0.3 is 19.7 Å². The van der Waals surface area contributed by atoms with Crippen molar-refractivity contribution < 1.29 is 19.2 Å². The van der Waals surface area contributed by atoms with E-state index >= 15 is 0 Å². The number of carbonyl (C=O) groups excluding carboxylic acids is 1. The van der Waals surface area contributed by atoms with Crippen LogP contribution in [-0.4, -0.2) is 33.7 Å². The minimum absolute atomic E-state index is 0.0197. The lowest BCUT2D eigenvalue weighted by Crippen LogP contribution is -3.08. The molecular weight excluding hydrogens is 384 g/mol. The number of anilines is 1. The normalized spacial score (nSPS) is 11.7. The quantitative estimate of drug-likeness (QED) is 0.740. The number of likely N-dealkylation sites (N-methyl/N-ethyl adjacent to an activating group) is 1. The molecule has 1 atom stereocenters. The molecule has 0 heterocycles. The van der Waals surface area contributed by atoms with E-state index < -0.39 is 0 Å². The van der Waals surface area contributed by atoms with Gasteiger partial charge in [-0.3, -0.25) is 4.79 Å². The van der Waals surface area contributed by atoms with Gasteiger partial charge in [-0.2, -0.15) is 0 Å². The van der Waals surface area contributed by atoms with Crippen molar-refractivity contribution in [3.63, 3.8) is 0 Å². The van der Waals surface area contributed by atoms with Crippen molar-refractivity contribution in [2.24, 2.45) is 0 Å². The number of ether oxygens (including phenoxy) is 2. The van der Waals surface area contributed by atoms with Gasteiger partial charge in [0.05, 0.1) is 21.3 Å². The first-order valence-corrected chi connectivity index (χ1v) is 8.80. The molecule has 1 unspecified atom stereocenters. The third kappa shape index (κ3) is 5.47. The van der Waals surface area contributed by atoms with Gasteiger partial charge in [0.1, 0.15) is 6.54 Å². The molecular formula is C19H24BrN2O3+. The van der Waals surface area contributed by atoms with Crippen LogP contribution in [0.3, 0.4) is 0 Å². The summed E-state index contributed by atoms with van der Waals surface area (Å²) >= 11 is 3.48. The van der Waals surface area contributed by atoms with E-state index in [1.165, 1.54) is 0 Å². The van der Waals surface area contributed by atoms with E-state index in [1.54, 1.807) is 14.2 Å². The summed E-state index contributed by atoms with van der Waals surface area (Å²) < 4.78 is 11.5. The molecule has 0 bridgehead atoms. The molecule has 2 aromatic rings. The van der Waals surface area contributed by atoms with E-state index in [-0.39, 0.29) is 5.91 Å². The van der Waals surface area contributed by atoms with E-state index in [9.17, 15) is 4.79 Å². The number of quaternary nitrogens is 1. The summed E-state index contributed by atoms with van der Waals surface area (Å²) in [6.07, 6.45) is 0. The van der Waals surface area contributed by atoms with Gasteiger partial charge in [-0.15, -0.1) is 0 Å². The zero-order valence-corrected chi connectivity index (χ0v) is 16.6. The molecule has 2 N–H and O–H groups in total. The Balaban J connectivity index is 1.94. The molecule has 0 aliphatic heterocycles. The molecule has 0 aromatic heterocycles. The number of nitrogens with one attached hydrogen (secondary N) is 2. The van der Waals surface area contributed by atoms with E-state index in [0.717, 1.165) is 26.2 Å². The standard InChI is InChI=1S/C19H23BrN2O3/c1-13-5-7-15(10-16(13)20)21-19(23)12-22(2)11-14-6-8-17(24-3)18(9-14)25-4/h5-10H,11-12H2,1-4H3,(H,21,23)/p+1. The van der Waals surface area contributed by atoms with Crippen LogP contribution in [0.5, 0.6) is 11.5 Å². The molecule has 0 aliphatic rings. The fraction of sp³-hybridized carbons (Fsp3) is 0.316. The Kier molecular flexibility index (Phi) is 6.84. The molecule has 1 amide bonds. The van der Waals surface area contributed by atoms with Gasteiger partial charge in [0, 0.05) is 15.7 Å². The van der Waals surface area contributed by atoms with Crippen molar-refractivity contribution in [3.8, 4) is 11.5 Å². The average molecular weight is 408 g/mol. The summed E-state index contributed by atoms with van der Waals surface area (Å²) in [5, 5.41) is 2.93. The highest BCUT2D eigenvalue weighted by Crippen LogP contribution is 2.27. The minimum Gasteiger partial charge on any atom is -0.493 e. The van der Waals surface area contributed by atoms with Crippen LogP contribution >= 0.6 is 15.9 Å². The molecule has 6 heteroatoms. The maximum Gasteiger partial charge on any atom is 0.279 e. The number of halogens is 1. The minimum atomic E-state index is -0.0197. The highest BCUT2D eigenvalue weighted by atomic mass is 79.9. The average Bonchev–Trinajstić information content (AvgIpc) is 2.57. The van der Waals surface area contributed by atoms with Crippen LogP contribution in [0.4, 0.5) is 5.69 Å². The predicted molar refractivity (Wildman–Crippen MR) is 103 cm³/mol. The van der Waals surface area contributed by atoms with Crippen LogP contribution in [0, 0.1) is 6.92 Å². The molecule has 0 aliphatic carbocycles. The van der Waals surface area contributed by atoms with Crippen LogP contribution in [0.15, 0.2) is 40.9 Å². The van der Waals surface area contributed by atoms with Gasteiger partial charge in [0.15, 0.2) is 18.0 Å². The molecule has 2 aromatic carbocycles. The van der Waals surface area contributed by atoms with Gasteiger partial charge in [0.2, 0.25) is 0 Å². The molecule has 0 spiro atoms. The summed E-state index contributed by atoms with van der Waals surface area (Å²) in [5.74, 6) is 1.38. The van der Waals surface area contributed by atoms with Gasteiger partial charge in [-0.1, -0.05) is 22.0 Å². The van der Waals surface area contributed by atoms with Crippen molar-refractivity contribution >= 4 is 27.5 Å². The Labute approximate surface area is 157 Å². The van der Waals surface area contributed by atoms with E-state index in [0.29, 0.717) is 24.6 Å². The first-order valence-electron chi connectivity index (χ1n) is 8.01. The number of hydrogen-bond acceptors (Lipinski definition) is 3. The zero-order chi connectivity index (χ0) is 18.4. The van der Waals surface area contributed by atoms with Gasteiger partial charge in [-0.05, 0) is 42.8 Å². The van der Waals surface area contributed by atoms with Crippen molar-refractivity contribution in [1.82, 2.24) is 0 Å². The molecule has 134 valence electrons. The van der Waals surface area contributed by atoms with Crippen molar-refractivity contribution in [2.75, 3.05) is 33.1 Å². The fourth-order valence-corrected chi connectivity index (χ4v) is 2.93. The Morgan fingerprint density at radius 3 is 2.48 bits per heavy atom. The van der Waals surface area contributed by atoms with Crippen LogP contribution in [0.25, 0.3) is 0 Å². The van der Waals surface area contributed by atoms with Crippen molar-refractivity contribution in [2.45, 2.75) is 13.5 Å².